The third-order valence-corrected chi connectivity index (χ3v) is 4.13. The highest BCUT2D eigenvalue weighted by atomic mass is 32.2. The highest BCUT2D eigenvalue weighted by molar-refractivity contribution is 7.91. The fourth-order valence-electron chi connectivity index (χ4n) is 1.52. The van der Waals surface area contributed by atoms with Crippen LogP contribution in [-0.2, 0) is 23.1 Å². The van der Waals surface area contributed by atoms with Gasteiger partial charge >= 0.3 is 6.18 Å². The summed E-state index contributed by atoms with van der Waals surface area (Å²) in [4.78, 5) is 6.82. The van der Waals surface area contributed by atoms with Gasteiger partial charge in [-0.1, -0.05) is 6.92 Å². The van der Waals surface area contributed by atoms with E-state index in [4.69, 9.17) is 0 Å². The maximum Gasteiger partial charge on any atom is 0.433 e. The fraction of sp³-hybridized carbons (Fsp3) is 0.364. The zero-order valence-electron chi connectivity index (χ0n) is 11.1. The second-order valence-corrected chi connectivity index (χ2v) is 6.37. The lowest BCUT2D eigenvalue weighted by molar-refractivity contribution is -0.141. The Morgan fingerprint density at radius 2 is 1.90 bits per heavy atom. The van der Waals surface area contributed by atoms with Crippen LogP contribution in [0, 0.1) is 0 Å². The zero-order chi connectivity index (χ0) is 15.8. The van der Waals surface area contributed by atoms with Gasteiger partial charge in [-0.25, -0.2) is 18.4 Å². The van der Waals surface area contributed by atoms with E-state index in [0.717, 1.165) is 0 Å². The molecule has 0 aliphatic rings. The van der Waals surface area contributed by atoms with Crippen LogP contribution < -0.4 is 0 Å². The molecule has 6 nitrogen and oxygen atoms in total. The summed E-state index contributed by atoms with van der Waals surface area (Å²) in [6.07, 6.45) is -3.26. The first-order valence-electron chi connectivity index (χ1n) is 5.82. The minimum atomic E-state index is -4.77. The second kappa shape index (κ2) is 5.10. The first-order valence-corrected chi connectivity index (χ1v) is 7.48. The molecule has 0 fully saturated rings. The molecule has 2 aromatic heterocycles. The van der Waals surface area contributed by atoms with E-state index in [-0.39, 0.29) is 11.4 Å². The molecule has 0 radical (unpaired) electrons. The average molecular weight is 320 g/mol. The molecule has 2 rings (SSSR count). The summed E-state index contributed by atoms with van der Waals surface area (Å²) in [5.41, 5.74) is -1.37. The van der Waals surface area contributed by atoms with Gasteiger partial charge in [0, 0.05) is 13.2 Å². The molecule has 2 heterocycles. The second-order valence-electron chi connectivity index (χ2n) is 4.20. The smallest absolute Gasteiger partial charge is 0.275 e. The first-order chi connectivity index (χ1) is 9.63. The Morgan fingerprint density at radius 3 is 2.38 bits per heavy atom. The van der Waals surface area contributed by atoms with Gasteiger partial charge in [-0.2, -0.15) is 18.3 Å². The van der Waals surface area contributed by atoms with Gasteiger partial charge in [-0.05, 0) is 12.1 Å². The van der Waals surface area contributed by atoms with Crippen molar-refractivity contribution in [2.75, 3.05) is 5.75 Å². The highest BCUT2D eigenvalue weighted by Crippen LogP contribution is 2.30. The number of aryl methyl sites for hydroxylation is 1. The molecule has 0 aliphatic carbocycles. The summed E-state index contributed by atoms with van der Waals surface area (Å²) in [5, 5.41) is 3.07. The Balaban J connectivity index is 2.69. The van der Waals surface area contributed by atoms with Crippen molar-refractivity contribution in [1.82, 2.24) is 19.7 Å². The van der Waals surface area contributed by atoms with Crippen LogP contribution in [0.4, 0.5) is 13.2 Å². The van der Waals surface area contributed by atoms with Crippen molar-refractivity contribution in [3.8, 4) is 11.4 Å². The summed E-state index contributed by atoms with van der Waals surface area (Å²) in [6.45, 7) is 1.30. The van der Waals surface area contributed by atoms with Crippen LogP contribution in [-0.4, -0.2) is 33.9 Å². The van der Waals surface area contributed by atoms with E-state index in [1.165, 1.54) is 23.9 Å². The molecule has 0 spiro atoms. The standard InChI is InChI=1S/C11H11F3N4O2S/c1-3-21(19,20)10-15-8(7-4-5-18(2)17-7)6-9(16-10)11(12,13)14/h4-6H,3H2,1-2H3. The summed E-state index contributed by atoms with van der Waals surface area (Å²) < 4.78 is 63.4. The van der Waals surface area contributed by atoms with Crippen LogP contribution in [0.2, 0.25) is 0 Å². The molecule has 114 valence electrons. The Hall–Kier alpha value is -1.97. The van der Waals surface area contributed by atoms with E-state index in [0.29, 0.717) is 6.07 Å². The maximum atomic E-state index is 12.9. The number of aromatic nitrogens is 4. The molecule has 0 atom stereocenters. The monoisotopic (exact) mass is 320 g/mol. The van der Waals surface area contributed by atoms with Gasteiger partial charge in [0.2, 0.25) is 15.0 Å². The largest absolute Gasteiger partial charge is 0.433 e. The Kier molecular flexibility index (Phi) is 3.74. The van der Waals surface area contributed by atoms with Crippen LogP contribution in [0.3, 0.4) is 0 Å². The number of hydrogen-bond acceptors (Lipinski definition) is 5. The van der Waals surface area contributed by atoms with E-state index in [2.05, 4.69) is 15.1 Å². The van der Waals surface area contributed by atoms with Crippen molar-refractivity contribution in [1.29, 1.82) is 0 Å². The van der Waals surface area contributed by atoms with Gasteiger partial charge in [0.1, 0.15) is 11.4 Å². The van der Waals surface area contributed by atoms with Gasteiger partial charge in [0.25, 0.3) is 0 Å². The lowest BCUT2D eigenvalue weighted by Gasteiger charge is -2.09. The van der Waals surface area contributed by atoms with E-state index in [9.17, 15) is 21.6 Å². The van der Waals surface area contributed by atoms with Gasteiger partial charge in [-0.3, -0.25) is 4.68 Å². The van der Waals surface area contributed by atoms with E-state index < -0.39 is 32.6 Å². The normalized spacial score (nSPS) is 12.6. The summed E-state index contributed by atoms with van der Waals surface area (Å²) in [6, 6.07) is 2.11. The number of halogens is 3. The minimum Gasteiger partial charge on any atom is -0.275 e. The topological polar surface area (TPSA) is 77.7 Å². The first kappa shape index (κ1) is 15.4. The number of alkyl halides is 3. The molecule has 0 bridgehead atoms. The molecule has 2 aromatic rings. The van der Waals surface area contributed by atoms with Crippen LogP contribution in [0.5, 0.6) is 0 Å². The Bertz CT molecular complexity index is 768. The number of sulfone groups is 1. The van der Waals surface area contributed by atoms with Crippen molar-refractivity contribution in [2.24, 2.45) is 7.05 Å². The number of rotatable bonds is 3. The molecular formula is C11H11F3N4O2S. The molecule has 0 amide bonds. The molecule has 0 unspecified atom stereocenters. The van der Waals surface area contributed by atoms with Gasteiger partial charge < -0.3 is 0 Å². The van der Waals surface area contributed by atoms with E-state index in [1.807, 2.05) is 0 Å². The SMILES string of the molecule is CCS(=O)(=O)c1nc(-c2ccn(C)n2)cc(C(F)(F)F)n1. The average Bonchev–Trinajstić information content (AvgIpc) is 2.84. The van der Waals surface area contributed by atoms with Crippen LogP contribution in [0.1, 0.15) is 12.6 Å². The van der Waals surface area contributed by atoms with Gasteiger partial charge in [0.05, 0.1) is 11.4 Å². The van der Waals surface area contributed by atoms with Crippen molar-refractivity contribution >= 4 is 9.84 Å². The lowest BCUT2D eigenvalue weighted by atomic mass is 10.2. The molecular weight excluding hydrogens is 309 g/mol. The molecule has 0 saturated carbocycles. The van der Waals surface area contributed by atoms with Crippen molar-refractivity contribution in [2.45, 2.75) is 18.3 Å². The van der Waals surface area contributed by atoms with Crippen molar-refractivity contribution in [3.63, 3.8) is 0 Å². The van der Waals surface area contributed by atoms with Crippen LogP contribution in [0.15, 0.2) is 23.5 Å². The molecule has 21 heavy (non-hydrogen) atoms. The van der Waals surface area contributed by atoms with Gasteiger partial charge in [0.15, 0.2) is 0 Å². The van der Waals surface area contributed by atoms with Crippen molar-refractivity contribution < 1.29 is 21.6 Å². The predicted octanol–water partition coefficient (Wildman–Crippen LogP) is 1.69. The molecule has 0 aliphatic heterocycles. The third kappa shape index (κ3) is 3.20. The van der Waals surface area contributed by atoms with E-state index in [1.54, 1.807) is 7.05 Å². The number of hydrogen-bond donors (Lipinski definition) is 0. The minimum absolute atomic E-state index is 0.137. The Labute approximate surface area is 118 Å². The molecule has 0 aromatic carbocycles. The number of nitrogens with zero attached hydrogens (tertiary/aromatic N) is 4. The molecule has 0 saturated heterocycles. The predicted molar refractivity (Wildman–Crippen MR) is 67.0 cm³/mol. The van der Waals surface area contributed by atoms with Crippen molar-refractivity contribution in [3.05, 3.63) is 24.0 Å². The lowest BCUT2D eigenvalue weighted by Crippen LogP contribution is -2.16. The maximum absolute atomic E-state index is 12.9. The van der Waals surface area contributed by atoms with Gasteiger partial charge in [-0.15, -0.1) is 0 Å². The fourth-order valence-corrected chi connectivity index (χ4v) is 2.25. The molecule has 10 heteroatoms. The summed E-state index contributed by atoms with van der Waals surface area (Å²) in [5.74, 6) is -0.393. The third-order valence-electron chi connectivity index (χ3n) is 2.63. The summed E-state index contributed by atoms with van der Waals surface area (Å²) >= 11 is 0. The van der Waals surface area contributed by atoms with E-state index >= 15 is 0 Å². The summed E-state index contributed by atoms with van der Waals surface area (Å²) in [7, 11) is -2.38. The highest BCUT2D eigenvalue weighted by Gasteiger charge is 2.35. The quantitative estimate of drug-likeness (QED) is 0.804. The zero-order valence-corrected chi connectivity index (χ0v) is 11.9. The molecule has 0 N–H and O–H groups in total. The van der Waals surface area contributed by atoms with Crippen LogP contribution in [0.25, 0.3) is 11.4 Å². The van der Waals surface area contributed by atoms with Crippen LogP contribution >= 0.6 is 0 Å². The Morgan fingerprint density at radius 1 is 1.24 bits per heavy atom.